The molecule has 0 spiro atoms. The van der Waals surface area contributed by atoms with Gasteiger partial charge in [0.05, 0.1) is 3.79 Å². The maximum absolute atomic E-state index is 12.5. The van der Waals surface area contributed by atoms with Crippen molar-refractivity contribution in [1.29, 1.82) is 0 Å². The maximum atomic E-state index is 12.5. The van der Waals surface area contributed by atoms with Gasteiger partial charge < -0.3 is 4.90 Å². The van der Waals surface area contributed by atoms with Crippen molar-refractivity contribution >= 4 is 33.2 Å². The van der Waals surface area contributed by atoms with Gasteiger partial charge in [-0.3, -0.25) is 4.79 Å². The summed E-state index contributed by atoms with van der Waals surface area (Å²) in [6.45, 7) is 0.734. The molecule has 0 aliphatic heterocycles. The Morgan fingerprint density at radius 2 is 1.95 bits per heavy atom. The van der Waals surface area contributed by atoms with E-state index < -0.39 is 0 Å². The van der Waals surface area contributed by atoms with E-state index in [4.69, 9.17) is 0 Å². The van der Waals surface area contributed by atoms with Gasteiger partial charge in [0.1, 0.15) is 0 Å². The normalized spacial score (nSPS) is 17.8. The van der Waals surface area contributed by atoms with Gasteiger partial charge in [-0.1, -0.05) is 32.1 Å². The van der Waals surface area contributed by atoms with Crippen LogP contribution in [-0.2, 0) is 11.3 Å². The van der Waals surface area contributed by atoms with Gasteiger partial charge in [0.25, 0.3) is 0 Å². The topological polar surface area (TPSA) is 20.3 Å². The van der Waals surface area contributed by atoms with Crippen molar-refractivity contribution in [1.82, 2.24) is 4.90 Å². The molecular formula is C15H22BrNOS. The molecule has 0 aromatic carbocycles. The lowest BCUT2D eigenvalue weighted by molar-refractivity contribution is -0.135. The van der Waals surface area contributed by atoms with Crippen molar-refractivity contribution in [3.8, 4) is 0 Å². The number of halogens is 1. The number of amides is 1. The molecule has 106 valence electrons. The van der Waals surface area contributed by atoms with Gasteiger partial charge >= 0.3 is 0 Å². The van der Waals surface area contributed by atoms with E-state index in [1.54, 1.807) is 11.3 Å². The minimum absolute atomic E-state index is 0.257. The molecule has 0 unspecified atom stereocenters. The molecule has 19 heavy (non-hydrogen) atoms. The van der Waals surface area contributed by atoms with Crippen molar-refractivity contribution in [3.63, 3.8) is 0 Å². The third kappa shape index (κ3) is 4.60. The molecule has 1 heterocycles. The van der Waals surface area contributed by atoms with Crippen LogP contribution in [0, 0.1) is 5.92 Å². The SMILES string of the molecule is CN(Cc1csc(Br)c1)C(=O)C1CCCCCCC1. The zero-order valence-electron chi connectivity index (χ0n) is 11.5. The zero-order valence-corrected chi connectivity index (χ0v) is 13.9. The maximum Gasteiger partial charge on any atom is 0.225 e. The number of rotatable bonds is 3. The molecule has 4 heteroatoms. The van der Waals surface area contributed by atoms with Crippen molar-refractivity contribution in [2.75, 3.05) is 7.05 Å². The lowest BCUT2D eigenvalue weighted by Crippen LogP contribution is -2.32. The molecule has 0 atom stereocenters. The monoisotopic (exact) mass is 343 g/mol. The number of nitrogens with zero attached hydrogens (tertiary/aromatic N) is 1. The third-order valence-electron chi connectivity index (χ3n) is 3.87. The first-order valence-corrected chi connectivity index (χ1v) is 8.82. The summed E-state index contributed by atoms with van der Waals surface area (Å²) in [5, 5.41) is 2.12. The molecule has 1 amide bonds. The molecule has 1 aliphatic carbocycles. The van der Waals surface area contributed by atoms with Gasteiger partial charge in [0.2, 0.25) is 5.91 Å². The highest BCUT2D eigenvalue weighted by molar-refractivity contribution is 9.11. The highest BCUT2D eigenvalue weighted by Crippen LogP contribution is 2.25. The van der Waals surface area contributed by atoms with E-state index in [1.165, 1.54) is 37.7 Å². The summed E-state index contributed by atoms with van der Waals surface area (Å²) >= 11 is 5.15. The van der Waals surface area contributed by atoms with E-state index in [9.17, 15) is 4.79 Å². The largest absolute Gasteiger partial charge is 0.341 e. The standard InChI is InChI=1S/C15H22BrNOS/c1-17(10-12-9-14(16)19-11-12)15(18)13-7-5-3-2-4-6-8-13/h9,11,13H,2-8,10H2,1H3. The first-order chi connectivity index (χ1) is 9.16. The minimum Gasteiger partial charge on any atom is -0.341 e. The van der Waals surface area contributed by atoms with E-state index in [0.29, 0.717) is 5.91 Å². The molecule has 1 aromatic heterocycles. The fraction of sp³-hybridized carbons (Fsp3) is 0.667. The van der Waals surface area contributed by atoms with Crippen LogP contribution in [0.3, 0.4) is 0 Å². The predicted octanol–water partition coefficient (Wildman–Crippen LogP) is 4.83. The van der Waals surface area contributed by atoms with E-state index >= 15 is 0 Å². The molecule has 2 nitrogen and oxygen atoms in total. The zero-order chi connectivity index (χ0) is 13.7. The highest BCUT2D eigenvalue weighted by atomic mass is 79.9. The molecule has 1 aromatic rings. The van der Waals surface area contributed by atoms with Crippen LogP contribution in [0.15, 0.2) is 15.2 Å². The van der Waals surface area contributed by atoms with Gasteiger partial charge in [0.15, 0.2) is 0 Å². The van der Waals surface area contributed by atoms with E-state index in [0.717, 1.165) is 23.2 Å². The first-order valence-electron chi connectivity index (χ1n) is 7.14. The van der Waals surface area contributed by atoms with Crippen LogP contribution in [0.2, 0.25) is 0 Å². The number of carbonyl (C=O) groups is 1. The molecular weight excluding hydrogens is 322 g/mol. The van der Waals surface area contributed by atoms with E-state index in [-0.39, 0.29) is 5.92 Å². The molecule has 0 N–H and O–H groups in total. The van der Waals surface area contributed by atoms with E-state index in [1.807, 2.05) is 11.9 Å². The van der Waals surface area contributed by atoms with Crippen molar-refractivity contribution < 1.29 is 4.79 Å². The van der Waals surface area contributed by atoms with Crippen LogP contribution >= 0.6 is 27.3 Å². The number of thiophene rings is 1. The minimum atomic E-state index is 0.257. The summed E-state index contributed by atoms with van der Waals surface area (Å²) in [7, 11) is 1.94. The van der Waals surface area contributed by atoms with Crippen molar-refractivity contribution in [2.24, 2.45) is 5.92 Å². The molecule has 1 saturated carbocycles. The summed E-state index contributed by atoms with van der Waals surface area (Å²) in [5.74, 6) is 0.594. The lowest BCUT2D eigenvalue weighted by Gasteiger charge is -2.25. The first kappa shape index (κ1) is 15.0. The summed E-state index contributed by atoms with van der Waals surface area (Å²) in [6.07, 6.45) is 8.53. The number of carbonyl (C=O) groups excluding carboxylic acids is 1. The second-order valence-corrected chi connectivity index (χ2v) is 7.79. The van der Waals surface area contributed by atoms with E-state index in [2.05, 4.69) is 27.4 Å². The quantitative estimate of drug-likeness (QED) is 0.769. The molecule has 2 rings (SSSR count). The predicted molar refractivity (Wildman–Crippen MR) is 84.3 cm³/mol. The molecule has 0 bridgehead atoms. The summed E-state index contributed by atoms with van der Waals surface area (Å²) in [5.41, 5.74) is 1.22. The van der Waals surface area contributed by atoms with Gasteiger partial charge in [0, 0.05) is 19.5 Å². The smallest absolute Gasteiger partial charge is 0.225 e. The fourth-order valence-corrected chi connectivity index (χ4v) is 4.00. The number of hydrogen-bond donors (Lipinski definition) is 0. The van der Waals surface area contributed by atoms with Gasteiger partial charge in [-0.15, -0.1) is 11.3 Å². The Morgan fingerprint density at radius 1 is 1.32 bits per heavy atom. The number of hydrogen-bond acceptors (Lipinski definition) is 2. The van der Waals surface area contributed by atoms with Crippen molar-refractivity contribution in [3.05, 3.63) is 20.8 Å². The Hall–Kier alpha value is -0.350. The molecule has 1 aliphatic rings. The lowest BCUT2D eigenvalue weighted by atomic mass is 9.90. The average molecular weight is 344 g/mol. The molecule has 0 saturated heterocycles. The Morgan fingerprint density at radius 3 is 2.53 bits per heavy atom. The summed E-state index contributed by atoms with van der Waals surface area (Å²) in [4.78, 5) is 14.4. The summed E-state index contributed by atoms with van der Waals surface area (Å²) in [6, 6.07) is 2.10. The van der Waals surface area contributed by atoms with Crippen LogP contribution in [0.25, 0.3) is 0 Å². The fourth-order valence-electron chi connectivity index (χ4n) is 2.80. The highest BCUT2D eigenvalue weighted by Gasteiger charge is 2.22. The molecule has 1 fully saturated rings. The average Bonchev–Trinajstić information content (AvgIpc) is 2.73. The van der Waals surface area contributed by atoms with Crippen molar-refractivity contribution in [2.45, 2.75) is 51.5 Å². The Bertz CT molecular complexity index is 410. The van der Waals surface area contributed by atoms with Gasteiger partial charge in [-0.2, -0.15) is 0 Å². The second-order valence-electron chi connectivity index (χ2n) is 5.50. The Balaban J connectivity index is 1.89. The second kappa shape index (κ2) is 7.44. The molecule has 0 radical (unpaired) electrons. The van der Waals surface area contributed by atoms with Crippen LogP contribution in [0.4, 0.5) is 0 Å². The Labute approximate surface area is 128 Å². The Kier molecular flexibility index (Phi) is 5.89. The van der Waals surface area contributed by atoms with Crippen LogP contribution in [0.5, 0.6) is 0 Å². The summed E-state index contributed by atoms with van der Waals surface area (Å²) < 4.78 is 1.13. The van der Waals surface area contributed by atoms with Gasteiger partial charge in [-0.25, -0.2) is 0 Å². The van der Waals surface area contributed by atoms with Crippen LogP contribution < -0.4 is 0 Å². The van der Waals surface area contributed by atoms with Gasteiger partial charge in [-0.05, 0) is 45.8 Å². The third-order valence-corrected chi connectivity index (χ3v) is 5.43. The van der Waals surface area contributed by atoms with Crippen LogP contribution in [-0.4, -0.2) is 17.9 Å². The van der Waals surface area contributed by atoms with Crippen LogP contribution in [0.1, 0.15) is 50.5 Å².